The van der Waals surface area contributed by atoms with Crippen LogP contribution in [0.25, 0.3) is 33.4 Å². The Labute approximate surface area is 283 Å². The minimum atomic E-state index is -0.220. The van der Waals surface area contributed by atoms with E-state index in [0.29, 0.717) is 0 Å². The smallest absolute Gasteiger partial charge is 0.0675 e. The topological polar surface area (TPSA) is 15.6 Å². The van der Waals surface area contributed by atoms with Gasteiger partial charge in [-0.05, 0) is 93.0 Å². The highest BCUT2D eigenvalue weighted by Gasteiger charge is 2.36. The lowest BCUT2D eigenvalue weighted by atomic mass is 9.78. The third-order valence-corrected chi connectivity index (χ3v) is 9.47. The van der Waals surface area contributed by atoms with E-state index in [-0.39, 0.29) is 5.41 Å². The first-order valence-electron chi connectivity index (χ1n) is 16.6. The maximum Gasteiger partial charge on any atom is 0.0675 e. The van der Waals surface area contributed by atoms with Crippen LogP contribution >= 0.6 is 0 Å². The van der Waals surface area contributed by atoms with Crippen molar-refractivity contribution in [1.29, 1.82) is 0 Å². The summed E-state index contributed by atoms with van der Waals surface area (Å²) in [5.74, 6) is 0. The minimum Gasteiger partial charge on any atom is -0.311 e. The molecule has 0 aliphatic carbocycles. The first-order chi connectivity index (χ1) is 23.5. The van der Waals surface area contributed by atoms with Crippen LogP contribution in [0.3, 0.4) is 0 Å². The Morgan fingerprint density at radius 3 is 1.17 bits per heavy atom. The molecule has 1 aliphatic heterocycles. The highest BCUT2D eigenvalue weighted by Crippen LogP contribution is 2.44. The summed E-state index contributed by atoms with van der Waals surface area (Å²) < 4.78 is 0. The van der Waals surface area contributed by atoms with E-state index in [1.807, 2.05) is 0 Å². The van der Waals surface area contributed by atoms with Gasteiger partial charge in [0.2, 0.25) is 0 Å². The predicted octanol–water partition coefficient (Wildman–Crippen LogP) is 12.6. The SMILES string of the molecule is CC1(C)C(c2ccc(N(c3ccc(-c4ccccc4)cc3)c3ccc(-c4ccccc4)cc3)cc2)=Nc2ccc(-c3ccccc3)cc21. The van der Waals surface area contributed by atoms with Gasteiger partial charge in [0.1, 0.15) is 0 Å². The first kappa shape index (κ1) is 29.4. The van der Waals surface area contributed by atoms with Crippen LogP contribution in [0, 0.1) is 0 Å². The van der Waals surface area contributed by atoms with Crippen molar-refractivity contribution in [2.75, 3.05) is 4.90 Å². The monoisotopic (exact) mass is 616 g/mol. The summed E-state index contributed by atoms with van der Waals surface area (Å²) in [6.07, 6.45) is 0. The number of hydrogen-bond acceptors (Lipinski definition) is 2. The summed E-state index contributed by atoms with van der Waals surface area (Å²) in [5.41, 5.74) is 14.9. The molecule has 0 unspecified atom stereocenters. The van der Waals surface area contributed by atoms with Gasteiger partial charge < -0.3 is 4.90 Å². The largest absolute Gasteiger partial charge is 0.311 e. The van der Waals surface area contributed by atoms with Crippen molar-refractivity contribution in [1.82, 2.24) is 0 Å². The molecule has 2 heteroatoms. The summed E-state index contributed by atoms with van der Waals surface area (Å²) in [4.78, 5) is 7.51. The first-order valence-corrected chi connectivity index (χ1v) is 16.6. The summed E-state index contributed by atoms with van der Waals surface area (Å²) in [6, 6.07) is 64.9. The molecule has 0 bridgehead atoms. The van der Waals surface area contributed by atoms with Crippen LogP contribution in [-0.4, -0.2) is 5.71 Å². The van der Waals surface area contributed by atoms with Crippen LogP contribution in [-0.2, 0) is 5.41 Å². The van der Waals surface area contributed by atoms with Crippen molar-refractivity contribution < 1.29 is 0 Å². The van der Waals surface area contributed by atoms with Gasteiger partial charge in [-0.3, -0.25) is 4.99 Å². The van der Waals surface area contributed by atoms with Crippen molar-refractivity contribution in [3.05, 3.63) is 193 Å². The second kappa shape index (κ2) is 12.3. The maximum absolute atomic E-state index is 5.18. The Balaban J connectivity index is 1.14. The van der Waals surface area contributed by atoms with Gasteiger partial charge in [0.25, 0.3) is 0 Å². The molecular formula is C46H36N2. The Morgan fingerprint density at radius 2 is 0.729 bits per heavy atom. The quantitative estimate of drug-likeness (QED) is 0.174. The van der Waals surface area contributed by atoms with Gasteiger partial charge >= 0.3 is 0 Å². The molecule has 7 aromatic carbocycles. The summed E-state index contributed by atoms with van der Waals surface area (Å²) in [6.45, 7) is 4.57. The van der Waals surface area contributed by atoms with Crippen LogP contribution in [0.2, 0.25) is 0 Å². The average Bonchev–Trinajstić information content (AvgIpc) is 3.43. The molecule has 0 amide bonds. The molecule has 7 aromatic rings. The fourth-order valence-corrected chi connectivity index (χ4v) is 6.84. The summed E-state index contributed by atoms with van der Waals surface area (Å²) in [7, 11) is 0. The fraction of sp³-hybridized carbons (Fsp3) is 0.0652. The molecule has 48 heavy (non-hydrogen) atoms. The zero-order valence-electron chi connectivity index (χ0n) is 27.2. The van der Waals surface area contributed by atoms with Crippen LogP contribution < -0.4 is 4.90 Å². The third-order valence-electron chi connectivity index (χ3n) is 9.47. The van der Waals surface area contributed by atoms with Gasteiger partial charge in [-0.25, -0.2) is 0 Å². The molecule has 1 aliphatic rings. The zero-order chi connectivity index (χ0) is 32.5. The molecule has 1 heterocycles. The Bertz CT molecular complexity index is 2120. The second-order valence-electron chi connectivity index (χ2n) is 12.9. The molecule has 0 fully saturated rings. The number of nitrogens with zero attached hydrogens (tertiary/aromatic N) is 2. The molecule has 0 saturated heterocycles. The lowest BCUT2D eigenvalue weighted by Gasteiger charge is -2.27. The van der Waals surface area contributed by atoms with Crippen molar-refractivity contribution in [2.24, 2.45) is 4.99 Å². The van der Waals surface area contributed by atoms with Crippen LogP contribution in [0.5, 0.6) is 0 Å². The molecule has 0 radical (unpaired) electrons. The van der Waals surface area contributed by atoms with Gasteiger partial charge in [-0.15, -0.1) is 0 Å². The Morgan fingerprint density at radius 1 is 0.375 bits per heavy atom. The van der Waals surface area contributed by atoms with E-state index in [1.165, 1.54) is 38.9 Å². The van der Waals surface area contributed by atoms with Crippen LogP contribution in [0.1, 0.15) is 25.0 Å². The Hall–Kier alpha value is -5.99. The zero-order valence-corrected chi connectivity index (χ0v) is 27.2. The lowest BCUT2D eigenvalue weighted by molar-refractivity contribution is 0.738. The van der Waals surface area contributed by atoms with E-state index in [4.69, 9.17) is 4.99 Å². The van der Waals surface area contributed by atoms with Crippen LogP contribution in [0.4, 0.5) is 22.7 Å². The van der Waals surface area contributed by atoms with Gasteiger partial charge in [0.15, 0.2) is 0 Å². The minimum absolute atomic E-state index is 0.220. The number of benzene rings is 7. The van der Waals surface area contributed by atoms with Crippen molar-refractivity contribution in [2.45, 2.75) is 19.3 Å². The van der Waals surface area contributed by atoms with Gasteiger partial charge in [-0.1, -0.05) is 147 Å². The van der Waals surface area contributed by atoms with E-state index in [9.17, 15) is 0 Å². The molecule has 0 N–H and O–H groups in total. The van der Waals surface area contributed by atoms with Gasteiger partial charge in [-0.2, -0.15) is 0 Å². The number of hydrogen-bond donors (Lipinski definition) is 0. The van der Waals surface area contributed by atoms with Gasteiger partial charge in [0, 0.05) is 22.5 Å². The second-order valence-corrected chi connectivity index (χ2v) is 12.9. The predicted molar refractivity (Wildman–Crippen MR) is 203 cm³/mol. The number of rotatable bonds is 7. The summed E-state index contributed by atoms with van der Waals surface area (Å²) in [5, 5.41) is 0. The molecular weight excluding hydrogens is 581 g/mol. The van der Waals surface area contributed by atoms with Gasteiger partial charge in [0.05, 0.1) is 11.4 Å². The fourth-order valence-electron chi connectivity index (χ4n) is 6.84. The molecule has 0 atom stereocenters. The molecule has 230 valence electrons. The van der Waals surface area contributed by atoms with E-state index < -0.39 is 0 Å². The number of fused-ring (bicyclic) bond motifs is 1. The van der Waals surface area contributed by atoms with E-state index in [0.717, 1.165) is 34.0 Å². The highest BCUT2D eigenvalue weighted by molar-refractivity contribution is 6.12. The highest BCUT2D eigenvalue weighted by atomic mass is 15.1. The Kier molecular flexibility index (Phi) is 7.55. The normalized spacial score (nSPS) is 13.1. The molecule has 0 saturated carbocycles. The van der Waals surface area contributed by atoms with E-state index in [2.05, 4.69) is 201 Å². The van der Waals surface area contributed by atoms with E-state index >= 15 is 0 Å². The van der Waals surface area contributed by atoms with Crippen molar-refractivity contribution >= 4 is 28.5 Å². The van der Waals surface area contributed by atoms with Crippen molar-refractivity contribution in [3.8, 4) is 33.4 Å². The molecule has 8 rings (SSSR count). The van der Waals surface area contributed by atoms with Crippen molar-refractivity contribution in [3.63, 3.8) is 0 Å². The number of anilines is 3. The van der Waals surface area contributed by atoms with E-state index in [1.54, 1.807) is 0 Å². The number of aliphatic imine (C=N–C) groups is 1. The van der Waals surface area contributed by atoms with Crippen LogP contribution in [0.15, 0.2) is 187 Å². The molecule has 0 spiro atoms. The lowest BCUT2D eigenvalue weighted by Crippen LogP contribution is -2.26. The maximum atomic E-state index is 5.18. The average molecular weight is 617 g/mol. The third kappa shape index (κ3) is 5.52. The standard InChI is InChI=1S/C46H36N2/c1-46(2)43-32-39(35-16-10-5-11-17-35)24-31-44(43)47-45(46)38-22-29-42(30-23-38)48(40-25-18-36(19-26-40)33-12-6-3-7-13-33)41-27-20-37(21-28-41)34-14-8-4-9-15-34/h3-32H,1-2H3. The summed E-state index contributed by atoms with van der Waals surface area (Å²) >= 11 is 0. The molecule has 2 nitrogen and oxygen atoms in total. The molecule has 0 aromatic heterocycles.